The smallest absolute Gasteiger partial charge is 0.416 e. The second-order valence-corrected chi connectivity index (χ2v) is 6.41. The number of hydrogen-bond acceptors (Lipinski definition) is 6. The summed E-state index contributed by atoms with van der Waals surface area (Å²) in [6, 6.07) is 9.06. The summed E-state index contributed by atoms with van der Waals surface area (Å²) < 4.78 is 48.7. The molecule has 3 aromatic rings. The number of halogens is 3. The molecular weight excluding hydrogens is 401 g/mol. The van der Waals surface area contributed by atoms with E-state index in [-0.39, 0.29) is 22.3 Å². The maximum absolute atomic E-state index is 13.1. The van der Waals surface area contributed by atoms with Gasteiger partial charge < -0.3 is 14.8 Å². The summed E-state index contributed by atoms with van der Waals surface area (Å²) in [7, 11) is 2.44. The van der Waals surface area contributed by atoms with E-state index in [0.717, 1.165) is 12.1 Å². The summed E-state index contributed by atoms with van der Waals surface area (Å²) in [5.74, 6) is -1.26. The fourth-order valence-electron chi connectivity index (χ4n) is 2.97. The summed E-state index contributed by atoms with van der Waals surface area (Å²) in [6.45, 7) is 1.64. The minimum atomic E-state index is -4.50. The SMILES string of the molecule is COC(=O)c1ccc(C(=O)OC)c(Nc2cc(C)nc3cc(C(F)(F)F)ccc23)c1. The number of ether oxygens (including phenoxy) is 2. The number of nitrogens with one attached hydrogen (secondary N) is 1. The van der Waals surface area contributed by atoms with Gasteiger partial charge in [-0.15, -0.1) is 0 Å². The van der Waals surface area contributed by atoms with Gasteiger partial charge in [0.15, 0.2) is 0 Å². The first kappa shape index (κ1) is 21.1. The lowest BCUT2D eigenvalue weighted by Crippen LogP contribution is -2.09. The molecule has 0 amide bonds. The second-order valence-electron chi connectivity index (χ2n) is 6.41. The Morgan fingerprint density at radius 2 is 1.63 bits per heavy atom. The Balaban J connectivity index is 2.15. The van der Waals surface area contributed by atoms with Crippen LogP contribution in [-0.4, -0.2) is 31.1 Å². The molecule has 30 heavy (non-hydrogen) atoms. The zero-order chi connectivity index (χ0) is 22.1. The van der Waals surface area contributed by atoms with Gasteiger partial charge in [-0.1, -0.05) is 6.07 Å². The van der Waals surface area contributed by atoms with Crippen LogP contribution >= 0.6 is 0 Å². The van der Waals surface area contributed by atoms with Crippen molar-refractivity contribution in [1.29, 1.82) is 0 Å². The van der Waals surface area contributed by atoms with E-state index in [4.69, 9.17) is 9.47 Å². The monoisotopic (exact) mass is 418 g/mol. The van der Waals surface area contributed by atoms with Crippen molar-refractivity contribution in [2.24, 2.45) is 0 Å². The Morgan fingerprint density at radius 3 is 2.27 bits per heavy atom. The van der Waals surface area contributed by atoms with Crippen LogP contribution in [0, 0.1) is 6.92 Å². The summed E-state index contributed by atoms with van der Waals surface area (Å²) in [4.78, 5) is 28.2. The summed E-state index contributed by atoms with van der Waals surface area (Å²) in [5.41, 5.74) is 0.753. The van der Waals surface area contributed by atoms with Crippen LogP contribution in [0.25, 0.3) is 10.9 Å². The highest BCUT2D eigenvalue weighted by Gasteiger charge is 2.30. The number of aromatic nitrogens is 1. The maximum Gasteiger partial charge on any atom is 0.416 e. The lowest BCUT2D eigenvalue weighted by Gasteiger charge is -2.15. The highest BCUT2D eigenvalue weighted by atomic mass is 19.4. The van der Waals surface area contributed by atoms with Gasteiger partial charge in [-0.05, 0) is 43.3 Å². The minimum Gasteiger partial charge on any atom is -0.465 e. The number of aryl methyl sites for hydroxylation is 1. The Morgan fingerprint density at radius 1 is 0.933 bits per heavy atom. The lowest BCUT2D eigenvalue weighted by molar-refractivity contribution is -0.137. The fourth-order valence-corrected chi connectivity index (χ4v) is 2.97. The van der Waals surface area contributed by atoms with Crippen LogP contribution in [0.4, 0.5) is 24.5 Å². The number of hydrogen-bond donors (Lipinski definition) is 1. The average molecular weight is 418 g/mol. The molecule has 6 nitrogen and oxygen atoms in total. The first-order valence-corrected chi connectivity index (χ1v) is 8.70. The van der Waals surface area contributed by atoms with Crippen LogP contribution in [0.15, 0.2) is 42.5 Å². The molecule has 0 unspecified atom stereocenters. The number of carbonyl (C=O) groups excluding carboxylic acids is 2. The van der Waals surface area contributed by atoms with Gasteiger partial charge in [0, 0.05) is 16.8 Å². The van der Waals surface area contributed by atoms with Gasteiger partial charge in [0.25, 0.3) is 0 Å². The molecule has 0 saturated carbocycles. The van der Waals surface area contributed by atoms with Crippen molar-refractivity contribution in [3.63, 3.8) is 0 Å². The number of carbonyl (C=O) groups is 2. The third-order valence-corrected chi connectivity index (χ3v) is 4.38. The van der Waals surface area contributed by atoms with Crippen molar-refractivity contribution in [2.45, 2.75) is 13.1 Å². The highest BCUT2D eigenvalue weighted by molar-refractivity contribution is 6.02. The van der Waals surface area contributed by atoms with Gasteiger partial charge in [-0.3, -0.25) is 4.98 Å². The standard InChI is InChI=1S/C21H17F3N2O4/c1-11-8-16(14-7-5-13(21(22,23)24)10-18(14)25-11)26-17-9-12(19(27)29-2)4-6-15(17)20(28)30-3/h4-10H,1-3H3,(H,25,26). The second kappa shape index (κ2) is 8.02. The molecule has 1 aromatic heterocycles. The number of anilines is 2. The van der Waals surface area contributed by atoms with Crippen LogP contribution in [-0.2, 0) is 15.7 Å². The summed E-state index contributed by atoms with van der Waals surface area (Å²) >= 11 is 0. The van der Waals surface area contributed by atoms with Gasteiger partial charge in [-0.25, -0.2) is 9.59 Å². The van der Waals surface area contributed by atoms with Gasteiger partial charge in [-0.2, -0.15) is 13.2 Å². The molecule has 1 heterocycles. The van der Waals surface area contributed by atoms with E-state index in [0.29, 0.717) is 16.8 Å². The molecule has 0 atom stereocenters. The molecule has 3 rings (SSSR count). The van der Waals surface area contributed by atoms with Gasteiger partial charge >= 0.3 is 18.1 Å². The first-order chi connectivity index (χ1) is 14.1. The predicted molar refractivity (Wildman–Crippen MR) is 104 cm³/mol. The van der Waals surface area contributed by atoms with Gasteiger partial charge in [0.05, 0.1) is 42.1 Å². The van der Waals surface area contributed by atoms with Crippen LogP contribution < -0.4 is 5.32 Å². The Bertz CT molecular complexity index is 1140. The Kier molecular flexibility index (Phi) is 5.64. The topological polar surface area (TPSA) is 77.5 Å². The number of benzene rings is 2. The average Bonchev–Trinajstić information content (AvgIpc) is 2.71. The van der Waals surface area contributed by atoms with Crippen molar-refractivity contribution in [3.8, 4) is 0 Å². The van der Waals surface area contributed by atoms with E-state index in [1.165, 1.54) is 38.5 Å². The maximum atomic E-state index is 13.1. The molecule has 1 N–H and O–H groups in total. The number of rotatable bonds is 4. The van der Waals surface area contributed by atoms with E-state index >= 15 is 0 Å². The summed E-state index contributed by atoms with van der Waals surface area (Å²) in [6.07, 6.45) is -4.50. The quantitative estimate of drug-likeness (QED) is 0.609. The van der Waals surface area contributed by atoms with Crippen molar-refractivity contribution in [1.82, 2.24) is 4.98 Å². The van der Waals surface area contributed by atoms with Gasteiger partial charge in [0.1, 0.15) is 0 Å². The molecule has 9 heteroatoms. The van der Waals surface area contributed by atoms with Crippen molar-refractivity contribution >= 4 is 34.2 Å². The molecule has 0 aliphatic rings. The number of pyridine rings is 1. The molecule has 0 bridgehead atoms. The zero-order valence-electron chi connectivity index (χ0n) is 16.3. The van der Waals surface area contributed by atoms with Crippen molar-refractivity contribution in [3.05, 3.63) is 64.8 Å². The normalized spacial score (nSPS) is 11.3. The number of esters is 2. The highest BCUT2D eigenvalue weighted by Crippen LogP contribution is 2.34. The van der Waals surface area contributed by atoms with Crippen LogP contribution in [0.3, 0.4) is 0 Å². The van der Waals surface area contributed by atoms with Crippen molar-refractivity contribution in [2.75, 3.05) is 19.5 Å². The third-order valence-electron chi connectivity index (χ3n) is 4.38. The molecule has 0 aliphatic carbocycles. The molecule has 0 aliphatic heterocycles. The molecule has 156 valence electrons. The molecule has 0 radical (unpaired) electrons. The zero-order valence-corrected chi connectivity index (χ0v) is 16.3. The fraction of sp³-hybridized carbons (Fsp3) is 0.190. The molecule has 0 fully saturated rings. The van der Waals surface area contributed by atoms with Gasteiger partial charge in [0.2, 0.25) is 0 Å². The minimum absolute atomic E-state index is 0.135. The predicted octanol–water partition coefficient (Wildman–Crippen LogP) is 4.88. The van der Waals surface area contributed by atoms with Crippen LogP contribution in [0.5, 0.6) is 0 Å². The molecule has 0 saturated heterocycles. The third kappa shape index (κ3) is 4.19. The Hall–Kier alpha value is -3.62. The largest absolute Gasteiger partial charge is 0.465 e. The van der Waals surface area contributed by atoms with E-state index in [2.05, 4.69) is 10.3 Å². The summed E-state index contributed by atoms with van der Waals surface area (Å²) in [5, 5.41) is 3.43. The molecule has 0 spiro atoms. The lowest BCUT2D eigenvalue weighted by atomic mass is 10.1. The number of methoxy groups -OCH3 is 2. The van der Waals surface area contributed by atoms with Crippen LogP contribution in [0.1, 0.15) is 32.0 Å². The van der Waals surface area contributed by atoms with E-state index in [1.807, 2.05) is 0 Å². The van der Waals surface area contributed by atoms with E-state index in [1.54, 1.807) is 13.0 Å². The first-order valence-electron chi connectivity index (χ1n) is 8.70. The van der Waals surface area contributed by atoms with E-state index in [9.17, 15) is 22.8 Å². The van der Waals surface area contributed by atoms with E-state index < -0.39 is 23.7 Å². The molecule has 2 aromatic carbocycles. The number of fused-ring (bicyclic) bond motifs is 1. The number of alkyl halides is 3. The van der Waals surface area contributed by atoms with Crippen LogP contribution in [0.2, 0.25) is 0 Å². The Labute approximate surface area is 169 Å². The number of nitrogens with zero attached hydrogens (tertiary/aromatic N) is 1. The molecular formula is C21H17F3N2O4. The van der Waals surface area contributed by atoms with Crippen molar-refractivity contribution < 1.29 is 32.2 Å².